The van der Waals surface area contributed by atoms with Crippen LogP contribution in [-0.4, -0.2) is 27.3 Å². The van der Waals surface area contributed by atoms with E-state index in [1.54, 1.807) is 6.07 Å². The maximum atomic E-state index is 10.9. The van der Waals surface area contributed by atoms with Crippen molar-refractivity contribution in [3.63, 3.8) is 0 Å². The highest BCUT2D eigenvalue weighted by Gasteiger charge is 2.25. The molecule has 5 heteroatoms. The first-order chi connectivity index (χ1) is 7.31. The predicted molar refractivity (Wildman–Crippen MR) is 51.1 cm³/mol. The SMILES string of the molecule is COc1cc2c(c(C=O)c1OC)OCO2. The highest BCUT2D eigenvalue weighted by Crippen LogP contribution is 2.45. The summed E-state index contributed by atoms with van der Waals surface area (Å²) in [6, 6.07) is 1.63. The van der Waals surface area contributed by atoms with Gasteiger partial charge in [-0.1, -0.05) is 0 Å². The topological polar surface area (TPSA) is 54.0 Å². The first-order valence-corrected chi connectivity index (χ1v) is 4.31. The number of benzene rings is 1. The molecule has 15 heavy (non-hydrogen) atoms. The molecule has 0 amide bonds. The highest BCUT2D eigenvalue weighted by atomic mass is 16.7. The quantitative estimate of drug-likeness (QED) is 0.702. The number of hydrogen-bond acceptors (Lipinski definition) is 5. The van der Waals surface area contributed by atoms with Crippen LogP contribution in [-0.2, 0) is 0 Å². The van der Waals surface area contributed by atoms with E-state index >= 15 is 0 Å². The third-order valence-corrected chi connectivity index (χ3v) is 2.16. The van der Waals surface area contributed by atoms with Gasteiger partial charge in [-0.3, -0.25) is 4.79 Å². The maximum Gasteiger partial charge on any atom is 0.231 e. The molecule has 0 N–H and O–H groups in total. The van der Waals surface area contributed by atoms with Gasteiger partial charge in [0.05, 0.1) is 14.2 Å². The minimum Gasteiger partial charge on any atom is -0.493 e. The summed E-state index contributed by atoms with van der Waals surface area (Å²) < 4.78 is 20.5. The molecule has 0 saturated carbocycles. The summed E-state index contributed by atoms with van der Waals surface area (Å²) in [7, 11) is 2.96. The van der Waals surface area contributed by atoms with E-state index in [1.807, 2.05) is 0 Å². The predicted octanol–water partition coefficient (Wildman–Crippen LogP) is 1.24. The monoisotopic (exact) mass is 210 g/mol. The molecule has 0 bridgehead atoms. The number of hydrogen-bond donors (Lipinski definition) is 0. The van der Waals surface area contributed by atoms with Crippen LogP contribution in [0.1, 0.15) is 10.4 Å². The number of aldehydes is 1. The van der Waals surface area contributed by atoms with E-state index in [4.69, 9.17) is 18.9 Å². The van der Waals surface area contributed by atoms with E-state index in [1.165, 1.54) is 14.2 Å². The number of ether oxygens (including phenoxy) is 4. The van der Waals surface area contributed by atoms with Crippen molar-refractivity contribution in [1.29, 1.82) is 0 Å². The second-order valence-electron chi connectivity index (χ2n) is 2.88. The van der Waals surface area contributed by atoms with Crippen molar-refractivity contribution in [2.45, 2.75) is 0 Å². The van der Waals surface area contributed by atoms with Crippen LogP contribution in [0.15, 0.2) is 6.07 Å². The molecule has 0 radical (unpaired) electrons. The zero-order chi connectivity index (χ0) is 10.8. The first-order valence-electron chi connectivity index (χ1n) is 4.31. The molecule has 2 rings (SSSR count). The van der Waals surface area contributed by atoms with Crippen LogP contribution in [0.3, 0.4) is 0 Å². The van der Waals surface area contributed by atoms with Crippen LogP contribution < -0.4 is 18.9 Å². The Morgan fingerprint density at radius 3 is 2.73 bits per heavy atom. The fourth-order valence-corrected chi connectivity index (χ4v) is 1.50. The van der Waals surface area contributed by atoms with Crippen molar-refractivity contribution < 1.29 is 23.7 Å². The number of carbonyl (C=O) groups is 1. The molecule has 0 saturated heterocycles. The van der Waals surface area contributed by atoms with Crippen molar-refractivity contribution >= 4 is 6.29 Å². The van der Waals surface area contributed by atoms with Crippen molar-refractivity contribution in [3.05, 3.63) is 11.6 Å². The minimum atomic E-state index is 0.104. The molecule has 0 aromatic heterocycles. The van der Waals surface area contributed by atoms with Gasteiger partial charge in [0.1, 0.15) is 5.56 Å². The van der Waals surface area contributed by atoms with Gasteiger partial charge >= 0.3 is 0 Å². The van der Waals surface area contributed by atoms with E-state index in [0.29, 0.717) is 34.8 Å². The molecule has 1 heterocycles. The lowest BCUT2D eigenvalue weighted by Gasteiger charge is -2.11. The number of rotatable bonds is 3. The van der Waals surface area contributed by atoms with Crippen LogP contribution in [0.25, 0.3) is 0 Å². The van der Waals surface area contributed by atoms with Crippen LogP contribution in [0.2, 0.25) is 0 Å². The molecule has 1 aliphatic heterocycles. The lowest BCUT2D eigenvalue weighted by Crippen LogP contribution is -1.97. The first kappa shape index (κ1) is 9.64. The fraction of sp³-hybridized carbons (Fsp3) is 0.300. The minimum absolute atomic E-state index is 0.104. The van der Waals surface area contributed by atoms with Gasteiger partial charge in [0, 0.05) is 6.07 Å². The van der Waals surface area contributed by atoms with Gasteiger partial charge in [-0.2, -0.15) is 0 Å². The molecule has 0 aliphatic carbocycles. The molecule has 5 nitrogen and oxygen atoms in total. The van der Waals surface area contributed by atoms with Gasteiger partial charge in [0.2, 0.25) is 6.79 Å². The Kier molecular flexibility index (Phi) is 2.37. The smallest absolute Gasteiger partial charge is 0.231 e. The Balaban J connectivity index is 2.66. The Labute approximate surface area is 86.5 Å². The molecular weight excluding hydrogens is 200 g/mol. The summed E-state index contributed by atoms with van der Waals surface area (Å²) in [5.41, 5.74) is 0.310. The summed E-state index contributed by atoms with van der Waals surface area (Å²) in [6.45, 7) is 0.104. The lowest BCUT2D eigenvalue weighted by atomic mass is 10.1. The summed E-state index contributed by atoms with van der Waals surface area (Å²) in [6.07, 6.45) is 0.662. The van der Waals surface area contributed by atoms with Crippen molar-refractivity contribution in [1.82, 2.24) is 0 Å². The van der Waals surface area contributed by atoms with E-state index < -0.39 is 0 Å². The molecule has 0 spiro atoms. The Hall–Kier alpha value is -1.91. The molecule has 1 aromatic rings. The summed E-state index contributed by atoms with van der Waals surface area (Å²) in [4.78, 5) is 10.9. The second kappa shape index (κ2) is 3.68. The molecule has 0 atom stereocenters. The fourth-order valence-electron chi connectivity index (χ4n) is 1.50. The van der Waals surface area contributed by atoms with E-state index in [-0.39, 0.29) is 6.79 Å². The second-order valence-corrected chi connectivity index (χ2v) is 2.88. The molecular formula is C10H10O5. The lowest BCUT2D eigenvalue weighted by molar-refractivity contribution is 0.111. The molecule has 1 aliphatic rings. The molecule has 80 valence electrons. The summed E-state index contributed by atoms with van der Waals surface area (Å²) in [5.74, 6) is 1.71. The van der Waals surface area contributed by atoms with E-state index in [2.05, 4.69) is 0 Å². The average Bonchev–Trinajstić information content (AvgIpc) is 2.73. The van der Waals surface area contributed by atoms with Gasteiger partial charge < -0.3 is 18.9 Å². The van der Waals surface area contributed by atoms with Crippen LogP contribution in [0.5, 0.6) is 23.0 Å². The maximum absolute atomic E-state index is 10.9. The average molecular weight is 210 g/mol. The molecule has 0 fully saturated rings. The number of carbonyl (C=O) groups excluding carboxylic acids is 1. The molecule has 1 aromatic carbocycles. The standard InChI is InChI=1S/C10H10O5/c1-12-7-3-8-10(15-5-14-8)6(4-11)9(7)13-2/h3-4H,5H2,1-2H3. The van der Waals surface area contributed by atoms with Gasteiger partial charge in [-0.05, 0) is 0 Å². The van der Waals surface area contributed by atoms with Crippen molar-refractivity contribution in [3.8, 4) is 23.0 Å². The van der Waals surface area contributed by atoms with Gasteiger partial charge in [0.15, 0.2) is 29.3 Å². The third-order valence-electron chi connectivity index (χ3n) is 2.16. The normalized spacial score (nSPS) is 12.4. The number of methoxy groups -OCH3 is 2. The van der Waals surface area contributed by atoms with Crippen LogP contribution >= 0.6 is 0 Å². The van der Waals surface area contributed by atoms with Gasteiger partial charge in [-0.15, -0.1) is 0 Å². The van der Waals surface area contributed by atoms with Crippen molar-refractivity contribution in [2.75, 3.05) is 21.0 Å². The third kappa shape index (κ3) is 1.36. The largest absolute Gasteiger partial charge is 0.493 e. The zero-order valence-corrected chi connectivity index (χ0v) is 8.40. The summed E-state index contributed by atoms with van der Waals surface area (Å²) in [5, 5.41) is 0. The molecule has 0 unspecified atom stereocenters. The van der Waals surface area contributed by atoms with E-state index in [9.17, 15) is 4.79 Å². The Morgan fingerprint density at radius 2 is 2.13 bits per heavy atom. The highest BCUT2D eigenvalue weighted by molar-refractivity contribution is 5.87. The van der Waals surface area contributed by atoms with E-state index in [0.717, 1.165) is 0 Å². The Morgan fingerprint density at radius 1 is 1.33 bits per heavy atom. The van der Waals surface area contributed by atoms with Crippen LogP contribution in [0, 0.1) is 0 Å². The Bertz CT molecular complexity index is 399. The van der Waals surface area contributed by atoms with Crippen LogP contribution in [0.4, 0.5) is 0 Å². The van der Waals surface area contributed by atoms with Gasteiger partial charge in [-0.25, -0.2) is 0 Å². The summed E-state index contributed by atoms with van der Waals surface area (Å²) >= 11 is 0. The zero-order valence-electron chi connectivity index (χ0n) is 8.40. The van der Waals surface area contributed by atoms with Crippen molar-refractivity contribution in [2.24, 2.45) is 0 Å². The van der Waals surface area contributed by atoms with Gasteiger partial charge in [0.25, 0.3) is 0 Å². The number of fused-ring (bicyclic) bond motifs is 1.